The zero-order valence-electron chi connectivity index (χ0n) is 19.7. The monoisotopic (exact) mass is 476 g/mol. The Balaban J connectivity index is 1.44. The van der Waals surface area contributed by atoms with Crippen LogP contribution in [0.4, 0.5) is 5.69 Å². The molecule has 4 aromatic rings. The average Bonchev–Trinajstić information content (AvgIpc) is 3.27. The van der Waals surface area contributed by atoms with Gasteiger partial charge in [-0.15, -0.1) is 10.2 Å². The van der Waals surface area contributed by atoms with Crippen LogP contribution in [0.15, 0.2) is 71.9 Å². The highest BCUT2D eigenvalue weighted by Gasteiger charge is 2.23. The van der Waals surface area contributed by atoms with E-state index < -0.39 is 0 Å². The van der Waals surface area contributed by atoms with E-state index in [9.17, 15) is 4.79 Å². The number of carbonyl (C=O) groups excluding carboxylic acids is 1. The maximum absolute atomic E-state index is 12.6. The number of anilines is 1. The number of nitrogens with one attached hydrogen (secondary N) is 1. The lowest BCUT2D eigenvalue weighted by Gasteiger charge is -2.19. The molecule has 0 spiro atoms. The van der Waals surface area contributed by atoms with Crippen LogP contribution in [0.1, 0.15) is 38.7 Å². The van der Waals surface area contributed by atoms with Crippen LogP contribution in [0, 0.1) is 0 Å². The second kappa shape index (κ2) is 10.6. The third-order valence-corrected chi connectivity index (χ3v) is 6.25. The molecule has 34 heavy (non-hydrogen) atoms. The summed E-state index contributed by atoms with van der Waals surface area (Å²) in [4.78, 5) is 12.6. The second-order valence-corrected chi connectivity index (χ2v) is 9.06. The van der Waals surface area contributed by atoms with Crippen molar-refractivity contribution < 1.29 is 14.3 Å². The van der Waals surface area contributed by atoms with Crippen LogP contribution < -0.4 is 14.8 Å². The number of amides is 1. The van der Waals surface area contributed by atoms with E-state index in [1.54, 1.807) is 7.11 Å². The zero-order valence-corrected chi connectivity index (χ0v) is 20.5. The van der Waals surface area contributed by atoms with Gasteiger partial charge < -0.3 is 19.4 Å². The van der Waals surface area contributed by atoms with Gasteiger partial charge in [0.15, 0.2) is 28.6 Å². The van der Waals surface area contributed by atoms with Gasteiger partial charge in [0.1, 0.15) is 0 Å². The third-order valence-electron chi connectivity index (χ3n) is 5.31. The number of ether oxygens (including phenoxy) is 2. The molecule has 1 unspecified atom stereocenters. The van der Waals surface area contributed by atoms with Gasteiger partial charge in [-0.3, -0.25) is 4.79 Å². The van der Waals surface area contributed by atoms with Crippen molar-refractivity contribution in [2.75, 3.05) is 18.2 Å². The second-order valence-electron chi connectivity index (χ2n) is 8.11. The molecule has 8 heteroatoms. The van der Waals surface area contributed by atoms with Crippen LogP contribution in [0.25, 0.3) is 10.8 Å². The molecular weight excluding hydrogens is 448 g/mol. The van der Waals surface area contributed by atoms with E-state index in [-0.39, 0.29) is 23.8 Å². The summed E-state index contributed by atoms with van der Waals surface area (Å²) in [5.74, 6) is 2.11. The summed E-state index contributed by atoms with van der Waals surface area (Å²) in [6.07, 6.45) is -0.355. The van der Waals surface area contributed by atoms with Crippen molar-refractivity contribution in [2.45, 2.75) is 38.1 Å². The summed E-state index contributed by atoms with van der Waals surface area (Å²) in [7, 11) is 1.61. The van der Waals surface area contributed by atoms with Crippen molar-refractivity contribution in [3.05, 3.63) is 72.6 Å². The Morgan fingerprint density at radius 2 is 1.68 bits per heavy atom. The highest BCUT2D eigenvalue weighted by Crippen LogP contribution is 2.32. The molecule has 176 valence electrons. The fraction of sp³-hybridized carbons (Fsp3) is 0.269. The van der Waals surface area contributed by atoms with Crippen LogP contribution in [0.2, 0.25) is 0 Å². The SMILES string of the molecule is COc1ccccc1OC(C)c1nnc(SCC(=O)Nc2ccc3ccccc3c2)n1C(C)C. The minimum Gasteiger partial charge on any atom is -0.493 e. The number of aromatic nitrogens is 3. The van der Waals surface area contributed by atoms with Gasteiger partial charge in [0, 0.05) is 11.7 Å². The molecule has 0 aliphatic carbocycles. The summed E-state index contributed by atoms with van der Waals surface area (Å²) < 4.78 is 13.5. The lowest BCUT2D eigenvalue weighted by atomic mass is 10.1. The van der Waals surface area contributed by atoms with E-state index in [2.05, 4.69) is 29.4 Å². The molecule has 0 bridgehead atoms. The highest BCUT2D eigenvalue weighted by atomic mass is 32.2. The van der Waals surface area contributed by atoms with Crippen LogP contribution in [-0.2, 0) is 4.79 Å². The van der Waals surface area contributed by atoms with Gasteiger partial charge in [-0.25, -0.2) is 0 Å². The lowest BCUT2D eigenvalue weighted by Crippen LogP contribution is -2.16. The Morgan fingerprint density at radius 3 is 2.41 bits per heavy atom. The van der Waals surface area contributed by atoms with E-state index in [0.29, 0.717) is 22.5 Å². The van der Waals surface area contributed by atoms with Gasteiger partial charge in [-0.05, 0) is 55.8 Å². The standard InChI is InChI=1S/C26H28N4O3S/c1-17(2)30-25(18(3)33-23-12-8-7-11-22(23)32-4)28-29-26(30)34-16-24(31)27-21-14-13-19-9-5-6-10-20(19)15-21/h5-15,17-18H,16H2,1-4H3,(H,27,31). The Labute approximate surface area is 203 Å². The van der Waals surface area contributed by atoms with Crippen molar-refractivity contribution >= 4 is 34.1 Å². The van der Waals surface area contributed by atoms with Crippen LogP contribution in [0.3, 0.4) is 0 Å². The topological polar surface area (TPSA) is 78.3 Å². The largest absolute Gasteiger partial charge is 0.493 e. The number of hydrogen-bond donors (Lipinski definition) is 1. The Kier molecular flexibility index (Phi) is 7.37. The Bertz CT molecular complexity index is 1290. The van der Waals surface area contributed by atoms with E-state index in [0.717, 1.165) is 16.5 Å². The van der Waals surface area contributed by atoms with E-state index in [4.69, 9.17) is 9.47 Å². The molecule has 1 amide bonds. The third kappa shape index (κ3) is 5.34. The maximum Gasteiger partial charge on any atom is 0.234 e. The number of nitrogens with zero attached hydrogens (tertiary/aromatic N) is 3. The molecular formula is C26H28N4O3S. The molecule has 0 radical (unpaired) electrons. The average molecular weight is 477 g/mol. The van der Waals surface area contributed by atoms with Gasteiger partial charge in [0.2, 0.25) is 5.91 Å². The van der Waals surface area contributed by atoms with Crippen molar-refractivity contribution in [1.29, 1.82) is 0 Å². The molecule has 0 aliphatic rings. The molecule has 1 aromatic heterocycles. The van der Waals surface area contributed by atoms with Gasteiger partial charge in [-0.1, -0.05) is 54.2 Å². The maximum atomic E-state index is 12.6. The molecule has 1 heterocycles. The summed E-state index contributed by atoms with van der Waals surface area (Å²) in [6.45, 7) is 6.04. The lowest BCUT2D eigenvalue weighted by molar-refractivity contribution is -0.113. The first-order chi connectivity index (χ1) is 16.5. The van der Waals surface area contributed by atoms with Crippen molar-refractivity contribution in [1.82, 2.24) is 14.8 Å². The zero-order chi connectivity index (χ0) is 24.1. The van der Waals surface area contributed by atoms with Gasteiger partial charge in [-0.2, -0.15) is 0 Å². The van der Waals surface area contributed by atoms with E-state index in [1.807, 2.05) is 78.2 Å². The fourth-order valence-corrected chi connectivity index (χ4v) is 4.58. The van der Waals surface area contributed by atoms with Crippen LogP contribution in [0.5, 0.6) is 11.5 Å². The predicted octanol–water partition coefficient (Wildman–Crippen LogP) is 5.89. The van der Waals surface area contributed by atoms with E-state index >= 15 is 0 Å². The molecule has 1 N–H and O–H groups in total. The number of para-hydroxylation sites is 2. The smallest absolute Gasteiger partial charge is 0.234 e. The van der Waals surface area contributed by atoms with Crippen molar-refractivity contribution in [3.8, 4) is 11.5 Å². The number of benzene rings is 3. The number of fused-ring (bicyclic) bond motifs is 1. The molecule has 3 aromatic carbocycles. The fourth-order valence-electron chi connectivity index (χ4n) is 3.70. The first-order valence-electron chi connectivity index (χ1n) is 11.1. The minimum atomic E-state index is -0.355. The van der Waals surface area contributed by atoms with Crippen molar-refractivity contribution in [3.63, 3.8) is 0 Å². The summed E-state index contributed by atoms with van der Waals surface area (Å²) in [6, 6.07) is 21.5. The van der Waals surface area contributed by atoms with Gasteiger partial charge in [0.05, 0.1) is 12.9 Å². The number of rotatable bonds is 9. The number of hydrogen-bond acceptors (Lipinski definition) is 6. The van der Waals surface area contributed by atoms with Crippen LogP contribution in [-0.4, -0.2) is 33.5 Å². The molecule has 0 aliphatic heterocycles. The number of carbonyl (C=O) groups is 1. The first-order valence-corrected chi connectivity index (χ1v) is 12.1. The summed E-state index contributed by atoms with van der Waals surface area (Å²) in [5.41, 5.74) is 0.772. The van der Waals surface area contributed by atoms with Crippen molar-refractivity contribution in [2.24, 2.45) is 0 Å². The summed E-state index contributed by atoms with van der Waals surface area (Å²) >= 11 is 1.36. The molecule has 0 fully saturated rings. The minimum absolute atomic E-state index is 0.0970. The number of thioether (sulfide) groups is 1. The molecule has 0 saturated heterocycles. The number of methoxy groups -OCH3 is 1. The summed E-state index contributed by atoms with van der Waals surface area (Å²) in [5, 5.41) is 14.6. The Hall–Kier alpha value is -3.52. The van der Waals surface area contributed by atoms with Gasteiger partial charge in [0.25, 0.3) is 0 Å². The predicted molar refractivity (Wildman–Crippen MR) is 136 cm³/mol. The molecule has 1 atom stereocenters. The van der Waals surface area contributed by atoms with E-state index in [1.165, 1.54) is 11.8 Å². The van der Waals surface area contributed by atoms with Crippen LogP contribution >= 0.6 is 11.8 Å². The normalized spacial score (nSPS) is 12.0. The molecule has 0 saturated carbocycles. The highest BCUT2D eigenvalue weighted by molar-refractivity contribution is 7.99. The Morgan fingerprint density at radius 1 is 0.971 bits per heavy atom. The quantitative estimate of drug-likeness (QED) is 0.303. The molecule has 7 nitrogen and oxygen atoms in total. The molecule has 4 rings (SSSR count). The van der Waals surface area contributed by atoms with Gasteiger partial charge >= 0.3 is 0 Å². The first kappa shape index (κ1) is 23.6.